The van der Waals surface area contributed by atoms with Gasteiger partial charge in [-0.1, -0.05) is 18.2 Å². The number of anilines is 1. The molecule has 1 amide bonds. The topological polar surface area (TPSA) is 117 Å². The minimum absolute atomic E-state index is 0.00209. The fraction of sp³-hybridized carbons (Fsp3) is 0.667. The summed E-state index contributed by atoms with van der Waals surface area (Å²) in [5, 5.41) is 12.3. The molecule has 0 aromatic carbocycles. The Morgan fingerprint density at radius 3 is 2.68 bits per heavy atom. The maximum Gasteiger partial charge on any atom is 0.407 e. The second-order valence-corrected chi connectivity index (χ2v) is 9.15. The number of carbonyl (C=O) groups excluding carboxylic acids is 2. The number of hydrogen-bond donors (Lipinski definition) is 1. The van der Waals surface area contributed by atoms with E-state index in [9.17, 15) is 9.59 Å². The number of nitriles is 1. The third-order valence-corrected chi connectivity index (χ3v) is 5.31. The highest BCUT2D eigenvalue weighted by molar-refractivity contribution is 7.98. The van der Waals surface area contributed by atoms with Crippen LogP contribution in [0.5, 0.6) is 0 Å². The zero-order chi connectivity index (χ0) is 23.0. The molecule has 0 spiro atoms. The molecule has 2 heterocycles. The van der Waals surface area contributed by atoms with Crippen molar-refractivity contribution in [3.63, 3.8) is 0 Å². The maximum absolute atomic E-state index is 12.7. The average Bonchev–Trinajstić information content (AvgIpc) is 2.95. The van der Waals surface area contributed by atoms with Crippen molar-refractivity contribution in [1.29, 1.82) is 5.26 Å². The summed E-state index contributed by atoms with van der Waals surface area (Å²) in [7, 11) is 1.31. The molecule has 2 rings (SSSR count). The second-order valence-electron chi connectivity index (χ2n) is 8.37. The van der Waals surface area contributed by atoms with Gasteiger partial charge >= 0.3 is 12.1 Å². The largest absolute Gasteiger partial charge is 0.465 e. The number of rotatable bonds is 6. The van der Waals surface area contributed by atoms with Gasteiger partial charge in [-0.25, -0.2) is 19.6 Å². The Labute approximate surface area is 187 Å². The molecule has 1 N–H and O–H groups in total. The van der Waals surface area contributed by atoms with E-state index in [0.29, 0.717) is 29.6 Å². The van der Waals surface area contributed by atoms with E-state index in [-0.39, 0.29) is 18.0 Å². The summed E-state index contributed by atoms with van der Waals surface area (Å²) >= 11 is 1.35. The molecule has 1 aromatic rings. The van der Waals surface area contributed by atoms with Crippen LogP contribution in [0.25, 0.3) is 0 Å². The fourth-order valence-corrected chi connectivity index (χ4v) is 3.80. The summed E-state index contributed by atoms with van der Waals surface area (Å²) in [6.45, 7) is 6.67. The van der Waals surface area contributed by atoms with Gasteiger partial charge in [-0.05, 0) is 45.8 Å². The lowest BCUT2D eigenvalue weighted by Gasteiger charge is -2.27. The van der Waals surface area contributed by atoms with E-state index in [1.54, 1.807) is 20.8 Å². The standard InChI is InChI=1S/C21H31N5O4S/c1-21(2,3)30-20(28)23-12-15-16(18(27)29-4)17(25-19(24-15)31-5)26-11-7-6-8-14(13-26)9-10-22/h14H,6-9,11-13H2,1-5H3,(H,23,28). The van der Waals surface area contributed by atoms with E-state index < -0.39 is 17.7 Å². The van der Waals surface area contributed by atoms with Crippen molar-refractivity contribution in [2.75, 3.05) is 31.4 Å². The summed E-state index contributed by atoms with van der Waals surface area (Å²) in [6.07, 6.45) is 4.63. The van der Waals surface area contributed by atoms with Crippen molar-refractivity contribution < 1.29 is 19.1 Å². The molecule has 1 aliphatic heterocycles. The molecule has 1 aromatic heterocycles. The molecule has 0 saturated carbocycles. The van der Waals surface area contributed by atoms with Gasteiger partial charge in [0.1, 0.15) is 17.0 Å². The number of amides is 1. The highest BCUT2D eigenvalue weighted by atomic mass is 32.2. The van der Waals surface area contributed by atoms with Crippen LogP contribution in [-0.4, -0.2) is 54.1 Å². The Kier molecular flexibility index (Phi) is 8.92. The van der Waals surface area contributed by atoms with Crippen molar-refractivity contribution in [3.8, 4) is 6.07 Å². The lowest BCUT2D eigenvalue weighted by atomic mass is 10.0. The third-order valence-electron chi connectivity index (χ3n) is 4.76. The van der Waals surface area contributed by atoms with Crippen molar-refractivity contribution in [1.82, 2.24) is 15.3 Å². The first-order valence-electron chi connectivity index (χ1n) is 10.3. The molecule has 31 heavy (non-hydrogen) atoms. The number of alkyl carbamates (subject to hydrolysis) is 1. The molecular formula is C21H31N5O4S. The van der Waals surface area contributed by atoms with Gasteiger partial charge in [0.2, 0.25) is 0 Å². The predicted molar refractivity (Wildman–Crippen MR) is 118 cm³/mol. The lowest BCUT2D eigenvalue weighted by Crippen LogP contribution is -2.34. The number of esters is 1. The molecule has 170 valence electrons. The first kappa shape index (κ1) is 24.7. The minimum Gasteiger partial charge on any atom is -0.465 e. The predicted octanol–water partition coefficient (Wildman–Crippen LogP) is 3.53. The van der Waals surface area contributed by atoms with Crippen LogP contribution >= 0.6 is 11.8 Å². The van der Waals surface area contributed by atoms with Crippen LogP contribution in [0.15, 0.2) is 5.16 Å². The van der Waals surface area contributed by atoms with Crippen molar-refractivity contribution in [3.05, 3.63) is 11.3 Å². The molecule has 0 radical (unpaired) electrons. The summed E-state index contributed by atoms with van der Waals surface area (Å²) in [5.74, 6) is 0.121. The number of hydrogen-bond acceptors (Lipinski definition) is 9. The fourth-order valence-electron chi connectivity index (χ4n) is 3.42. The maximum atomic E-state index is 12.7. The number of ether oxygens (including phenoxy) is 2. The molecule has 0 aliphatic carbocycles. The third kappa shape index (κ3) is 7.28. The van der Waals surface area contributed by atoms with E-state index in [0.717, 1.165) is 25.8 Å². The van der Waals surface area contributed by atoms with Gasteiger partial charge in [-0.15, -0.1) is 0 Å². The van der Waals surface area contributed by atoms with Crippen LogP contribution in [0.4, 0.5) is 10.6 Å². The SMILES string of the molecule is COC(=O)c1c(CNC(=O)OC(C)(C)C)nc(SC)nc1N1CCCCC(CC#N)C1. The van der Waals surface area contributed by atoms with Gasteiger partial charge in [-0.3, -0.25) is 0 Å². The van der Waals surface area contributed by atoms with Crippen LogP contribution in [0.3, 0.4) is 0 Å². The van der Waals surface area contributed by atoms with Crippen LogP contribution in [0, 0.1) is 17.2 Å². The normalized spacial score (nSPS) is 16.8. The van der Waals surface area contributed by atoms with Crippen molar-refractivity contribution >= 4 is 29.6 Å². The number of methoxy groups -OCH3 is 1. The van der Waals surface area contributed by atoms with Gasteiger partial charge in [0, 0.05) is 19.5 Å². The molecule has 10 heteroatoms. The molecule has 1 saturated heterocycles. The van der Waals surface area contributed by atoms with Gasteiger partial charge in [0.25, 0.3) is 0 Å². The van der Waals surface area contributed by atoms with Crippen LogP contribution < -0.4 is 10.2 Å². The van der Waals surface area contributed by atoms with Crippen LogP contribution in [0.1, 0.15) is 62.5 Å². The molecule has 9 nitrogen and oxygen atoms in total. The van der Waals surface area contributed by atoms with Gasteiger partial charge in [0.05, 0.1) is 25.4 Å². The van der Waals surface area contributed by atoms with Crippen molar-refractivity contribution in [2.24, 2.45) is 5.92 Å². The Bertz CT molecular complexity index is 834. The van der Waals surface area contributed by atoms with Gasteiger partial charge in [-0.2, -0.15) is 5.26 Å². The molecule has 1 unspecified atom stereocenters. The molecule has 1 aliphatic rings. The quantitative estimate of drug-likeness (QED) is 0.395. The first-order valence-corrected chi connectivity index (χ1v) is 11.5. The first-order chi connectivity index (χ1) is 14.7. The van der Waals surface area contributed by atoms with Gasteiger partial charge in [0.15, 0.2) is 5.16 Å². The molecular weight excluding hydrogens is 418 g/mol. The number of thioether (sulfide) groups is 1. The van der Waals surface area contributed by atoms with E-state index in [1.165, 1.54) is 18.9 Å². The van der Waals surface area contributed by atoms with E-state index in [4.69, 9.17) is 14.7 Å². The molecule has 1 fully saturated rings. The number of nitrogens with one attached hydrogen (secondary N) is 1. The second kappa shape index (κ2) is 11.2. The van der Waals surface area contributed by atoms with E-state index >= 15 is 0 Å². The highest BCUT2D eigenvalue weighted by Gasteiger charge is 2.28. The summed E-state index contributed by atoms with van der Waals surface area (Å²) < 4.78 is 10.3. The Morgan fingerprint density at radius 1 is 1.32 bits per heavy atom. The van der Waals surface area contributed by atoms with Gasteiger partial charge < -0.3 is 19.7 Å². The lowest BCUT2D eigenvalue weighted by molar-refractivity contribution is 0.0516. The summed E-state index contributed by atoms with van der Waals surface area (Å²) in [5.41, 5.74) is -0.0414. The number of aromatic nitrogens is 2. The minimum atomic E-state index is -0.641. The highest BCUT2D eigenvalue weighted by Crippen LogP contribution is 2.29. The monoisotopic (exact) mass is 449 g/mol. The summed E-state index contributed by atoms with van der Waals surface area (Å²) in [4.78, 5) is 36.0. The zero-order valence-electron chi connectivity index (χ0n) is 18.9. The zero-order valence-corrected chi connectivity index (χ0v) is 19.7. The Hall–Kier alpha value is -2.54. The molecule has 0 bridgehead atoms. The average molecular weight is 450 g/mol. The van der Waals surface area contributed by atoms with E-state index in [2.05, 4.69) is 21.4 Å². The summed E-state index contributed by atoms with van der Waals surface area (Å²) in [6, 6.07) is 2.25. The molecule has 1 atom stereocenters. The Morgan fingerprint density at radius 2 is 2.06 bits per heavy atom. The smallest absolute Gasteiger partial charge is 0.407 e. The van der Waals surface area contributed by atoms with Crippen molar-refractivity contribution in [2.45, 2.75) is 63.8 Å². The van der Waals surface area contributed by atoms with E-state index in [1.807, 2.05) is 11.2 Å². The van der Waals surface area contributed by atoms with Crippen LogP contribution in [-0.2, 0) is 16.0 Å². The number of nitrogens with zero attached hydrogens (tertiary/aromatic N) is 4. The Balaban J connectivity index is 2.42. The number of carbonyl (C=O) groups is 2. The van der Waals surface area contributed by atoms with Crippen LogP contribution in [0.2, 0.25) is 0 Å².